The van der Waals surface area contributed by atoms with Gasteiger partial charge in [-0.25, -0.2) is 0 Å². The number of carbonyl (C=O) groups is 1. The van der Waals surface area contributed by atoms with Gasteiger partial charge in [-0.05, 0) is 17.7 Å². The van der Waals surface area contributed by atoms with Crippen LogP contribution in [0.4, 0.5) is 26.3 Å². The van der Waals surface area contributed by atoms with Crippen LogP contribution in [0.15, 0.2) is 18.2 Å². The molecule has 0 radical (unpaired) electrons. The van der Waals surface area contributed by atoms with E-state index in [0.717, 1.165) is 0 Å². The Labute approximate surface area is 109 Å². The molecular weight excluding hydrogens is 290 g/mol. The second-order valence-corrected chi connectivity index (χ2v) is 4.07. The van der Waals surface area contributed by atoms with Crippen LogP contribution < -0.4 is 11.5 Å². The molecule has 112 valence electrons. The predicted molar refractivity (Wildman–Crippen MR) is 57.2 cm³/mol. The number of hydrogen-bond donors (Lipinski definition) is 2. The topological polar surface area (TPSA) is 69.1 Å². The van der Waals surface area contributed by atoms with E-state index in [0.29, 0.717) is 12.1 Å². The third kappa shape index (κ3) is 3.86. The van der Waals surface area contributed by atoms with E-state index in [1.807, 2.05) is 0 Å². The number of alkyl halides is 6. The average molecular weight is 300 g/mol. The van der Waals surface area contributed by atoms with E-state index < -0.39 is 47.4 Å². The lowest BCUT2D eigenvalue weighted by Crippen LogP contribution is -2.24. The van der Waals surface area contributed by atoms with E-state index in [2.05, 4.69) is 0 Å². The van der Waals surface area contributed by atoms with Crippen molar-refractivity contribution < 1.29 is 31.1 Å². The van der Waals surface area contributed by atoms with Crippen LogP contribution in [-0.4, -0.2) is 5.91 Å². The molecule has 1 amide bonds. The van der Waals surface area contributed by atoms with Crippen molar-refractivity contribution in [3.8, 4) is 0 Å². The number of benzene rings is 1. The molecule has 0 saturated heterocycles. The second-order valence-electron chi connectivity index (χ2n) is 4.07. The van der Waals surface area contributed by atoms with Gasteiger partial charge < -0.3 is 11.5 Å². The Kier molecular flexibility index (Phi) is 4.33. The summed E-state index contributed by atoms with van der Waals surface area (Å²) in [4.78, 5) is 10.7. The Balaban J connectivity index is 3.35. The lowest BCUT2D eigenvalue weighted by Gasteiger charge is -2.19. The van der Waals surface area contributed by atoms with Crippen LogP contribution in [0.25, 0.3) is 0 Å². The number of amides is 1. The van der Waals surface area contributed by atoms with Crippen LogP contribution in [0.3, 0.4) is 0 Å². The number of halogens is 6. The number of nitrogens with two attached hydrogens (primary N) is 2. The first kappa shape index (κ1) is 16.3. The van der Waals surface area contributed by atoms with Gasteiger partial charge in [-0.15, -0.1) is 0 Å². The van der Waals surface area contributed by atoms with Crippen LogP contribution in [0.5, 0.6) is 0 Å². The molecule has 20 heavy (non-hydrogen) atoms. The molecule has 1 unspecified atom stereocenters. The Morgan fingerprint density at radius 3 is 2.05 bits per heavy atom. The summed E-state index contributed by atoms with van der Waals surface area (Å²) in [6.07, 6.45) is -10.5. The quantitative estimate of drug-likeness (QED) is 0.842. The maximum atomic E-state index is 12.8. The highest BCUT2D eigenvalue weighted by Gasteiger charge is 2.39. The Hall–Kier alpha value is -1.77. The van der Waals surface area contributed by atoms with Crippen molar-refractivity contribution in [2.45, 2.75) is 24.8 Å². The Morgan fingerprint density at radius 1 is 1.10 bits per heavy atom. The van der Waals surface area contributed by atoms with Gasteiger partial charge in [0.05, 0.1) is 11.1 Å². The Morgan fingerprint density at radius 2 is 1.65 bits per heavy atom. The molecule has 0 aliphatic heterocycles. The van der Waals surface area contributed by atoms with E-state index >= 15 is 0 Å². The van der Waals surface area contributed by atoms with Crippen molar-refractivity contribution in [1.29, 1.82) is 0 Å². The van der Waals surface area contributed by atoms with Gasteiger partial charge in [0.25, 0.3) is 0 Å². The maximum absolute atomic E-state index is 12.8. The average Bonchev–Trinajstić information content (AvgIpc) is 2.24. The number of primary amides is 1. The fraction of sp³-hybridized carbons (Fsp3) is 0.364. The molecule has 4 N–H and O–H groups in total. The molecule has 0 saturated carbocycles. The molecule has 0 heterocycles. The number of rotatable bonds is 3. The van der Waals surface area contributed by atoms with Crippen molar-refractivity contribution in [2.24, 2.45) is 11.5 Å². The van der Waals surface area contributed by atoms with E-state index in [-0.39, 0.29) is 6.07 Å². The molecular formula is C11H10F6N2O. The van der Waals surface area contributed by atoms with Crippen molar-refractivity contribution in [3.05, 3.63) is 34.9 Å². The molecule has 0 bridgehead atoms. The van der Waals surface area contributed by atoms with Gasteiger partial charge in [-0.3, -0.25) is 4.79 Å². The largest absolute Gasteiger partial charge is 0.416 e. The minimum absolute atomic E-state index is 0.0316. The van der Waals surface area contributed by atoms with Gasteiger partial charge in [0, 0.05) is 12.5 Å². The van der Waals surface area contributed by atoms with Crippen LogP contribution in [0.1, 0.15) is 29.2 Å². The molecule has 1 aromatic carbocycles. The van der Waals surface area contributed by atoms with E-state index in [4.69, 9.17) is 11.5 Å². The SMILES string of the molecule is NC(=O)CC(N)c1ccc(C(F)(F)F)cc1C(F)(F)F. The molecule has 0 aliphatic rings. The van der Waals surface area contributed by atoms with Gasteiger partial charge in [0.1, 0.15) is 0 Å². The molecule has 1 aromatic rings. The molecule has 3 nitrogen and oxygen atoms in total. The highest BCUT2D eigenvalue weighted by atomic mass is 19.4. The summed E-state index contributed by atoms with van der Waals surface area (Å²) in [5, 5.41) is 0. The smallest absolute Gasteiger partial charge is 0.370 e. The lowest BCUT2D eigenvalue weighted by atomic mass is 9.95. The standard InChI is InChI=1S/C11H10F6N2O/c12-10(13,14)5-1-2-6(8(18)4-9(19)20)7(3-5)11(15,16)17/h1-3,8H,4,18H2,(H2,19,20). The van der Waals surface area contributed by atoms with Crippen molar-refractivity contribution in [2.75, 3.05) is 0 Å². The van der Waals surface area contributed by atoms with E-state index in [1.54, 1.807) is 0 Å². The van der Waals surface area contributed by atoms with Crippen molar-refractivity contribution >= 4 is 5.91 Å². The maximum Gasteiger partial charge on any atom is 0.416 e. The predicted octanol–water partition coefficient (Wildman–Crippen LogP) is 2.60. The first-order valence-electron chi connectivity index (χ1n) is 5.25. The fourth-order valence-corrected chi connectivity index (χ4v) is 1.63. The molecule has 0 aromatic heterocycles. The van der Waals surface area contributed by atoms with E-state index in [9.17, 15) is 31.1 Å². The van der Waals surface area contributed by atoms with Crippen LogP contribution in [0, 0.1) is 0 Å². The summed E-state index contributed by atoms with van der Waals surface area (Å²) in [6, 6.07) is -0.368. The monoisotopic (exact) mass is 300 g/mol. The third-order valence-corrected chi connectivity index (χ3v) is 2.51. The Bertz CT molecular complexity index is 509. The molecule has 0 aliphatic carbocycles. The van der Waals surface area contributed by atoms with Gasteiger partial charge in [-0.1, -0.05) is 6.07 Å². The van der Waals surface area contributed by atoms with Gasteiger partial charge in [0.2, 0.25) is 5.91 Å². The summed E-state index contributed by atoms with van der Waals surface area (Å²) in [5.41, 5.74) is 6.60. The zero-order chi connectivity index (χ0) is 15.7. The summed E-state index contributed by atoms with van der Waals surface area (Å²) in [7, 11) is 0. The summed E-state index contributed by atoms with van der Waals surface area (Å²) >= 11 is 0. The highest BCUT2D eigenvalue weighted by molar-refractivity contribution is 5.74. The molecule has 0 fully saturated rings. The van der Waals surface area contributed by atoms with Crippen molar-refractivity contribution in [3.63, 3.8) is 0 Å². The normalized spacial score (nSPS) is 14.2. The first-order chi connectivity index (χ1) is 8.93. The van der Waals surface area contributed by atoms with Crippen LogP contribution in [-0.2, 0) is 17.1 Å². The minimum Gasteiger partial charge on any atom is -0.370 e. The van der Waals surface area contributed by atoms with Gasteiger partial charge >= 0.3 is 12.4 Å². The summed E-state index contributed by atoms with van der Waals surface area (Å²) in [5.74, 6) is -0.953. The molecule has 0 spiro atoms. The summed E-state index contributed by atoms with van der Waals surface area (Å²) in [6.45, 7) is 0. The van der Waals surface area contributed by atoms with E-state index in [1.165, 1.54) is 0 Å². The zero-order valence-corrected chi connectivity index (χ0v) is 9.85. The molecule has 9 heteroatoms. The van der Waals surface area contributed by atoms with Gasteiger partial charge in [0.15, 0.2) is 0 Å². The molecule has 1 rings (SSSR count). The first-order valence-corrected chi connectivity index (χ1v) is 5.25. The highest BCUT2D eigenvalue weighted by Crippen LogP contribution is 2.39. The molecule has 1 atom stereocenters. The minimum atomic E-state index is -5.02. The number of hydrogen-bond acceptors (Lipinski definition) is 2. The summed E-state index contributed by atoms with van der Waals surface area (Å²) < 4.78 is 75.6. The fourth-order valence-electron chi connectivity index (χ4n) is 1.63. The van der Waals surface area contributed by atoms with Crippen LogP contribution in [0.2, 0.25) is 0 Å². The van der Waals surface area contributed by atoms with Crippen LogP contribution >= 0.6 is 0 Å². The second kappa shape index (κ2) is 5.31. The van der Waals surface area contributed by atoms with Crippen molar-refractivity contribution in [1.82, 2.24) is 0 Å². The van der Waals surface area contributed by atoms with Gasteiger partial charge in [-0.2, -0.15) is 26.3 Å². The zero-order valence-electron chi connectivity index (χ0n) is 9.85. The lowest BCUT2D eigenvalue weighted by molar-refractivity contribution is -0.143. The third-order valence-electron chi connectivity index (χ3n) is 2.51. The number of carbonyl (C=O) groups excluding carboxylic acids is 1.